The van der Waals surface area contributed by atoms with Crippen LogP contribution in [0, 0.1) is 0 Å². The van der Waals surface area contributed by atoms with Crippen LogP contribution in [-0.2, 0) is 12.1 Å². The summed E-state index contributed by atoms with van der Waals surface area (Å²) in [4.78, 5) is 9.55. The molecule has 10 rings (SSSR count). The van der Waals surface area contributed by atoms with Crippen LogP contribution in [0.5, 0.6) is 0 Å². The predicted molar refractivity (Wildman–Crippen MR) is 182 cm³/mol. The number of hydrogen-bond donors (Lipinski definition) is 0. The molecule has 4 aromatic heterocycles. The van der Waals surface area contributed by atoms with E-state index >= 15 is 0 Å². The fourth-order valence-corrected chi connectivity index (χ4v) is 13.3. The molecule has 6 heterocycles. The molecular weight excluding hydrogens is 545 g/mol. The van der Waals surface area contributed by atoms with Gasteiger partial charge >= 0.3 is 0 Å². The second-order valence-corrected chi connectivity index (χ2v) is 22.7. The van der Waals surface area contributed by atoms with E-state index in [4.69, 9.17) is 9.97 Å². The fraction of sp³-hybridized carbons (Fsp3) is 0.167. The molecule has 0 amide bonds. The van der Waals surface area contributed by atoms with Crippen molar-refractivity contribution in [2.24, 2.45) is 0 Å². The van der Waals surface area contributed by atoms with E-state index in [1.54, 1.807) is 5.19 Å². The molecule has 0 saturated carbocycles. The highest BCUT2D eigenvalue weighted by atomic mass is 28.3. The minimum Gasteiger partial charge on any atom is -0.300 e. The van der Waals surface area contributed by atoms with Gasteiger partial charge in [-0.25, -0.2) is 9.97 Å². The largest absolute Gasteiger partial charge is 0.300 e. The van der Waals surface area contributed by atoms with Gasteiger partial charge in [0.15, 0.2) is 0 Å². The van der Waals surface area contributed by atoms with Gasteiger partial charge in [-0.2, -0.15) is 0 Å². The lowest BCUT2D eigenvalue weighted by Gasteiger charge is -2.30. The van der Waals surface area contributed by atoms with Crippen molar-refractivity contribution in [3.05, 3.63) is 109 Å². The van der Waals surface area contributed by atoms with Gasteiger partial charge in [0.2, 0.25) is 0 Å². The first-order chi connectivity index (χ1) is 20.3. The Labute approximate surface area is 246 Å². The maximum absolute atomic E-state index is 4.79. The summed E-state index contributed by atoms with van der Waals surface area (Å²) in [5.41, 5.74) is 7.90. The highest BCUT2D eigenvalue weighted by Gasteiger charge is 2.34. The normalized spacial score (nSPS) is 16.3. The van der Waals surface area contributed by atoms with Crippen molar-refractivity contribution >= 4 is 81.3 Å². The number of rotatable bonds is 0. The number of pyridine rings is 2. The van der Waals surface area contributed by atoms with Crippen LogP contribution in [0.25, 0.3) is 54.6 Å². The second-order valence-electron chi connectivity index (χ2n) is 13.4. The summed E-state index contributed by atoms with van der Waals surface area (Å²) in [6, 6.07) is 33.3. The van der Waals surface area contributed by atoms with Crippen molar-refractivity contribution in [1.29, 1.82) is 0 Å². The summed E-state index contributed by atoms with van der Waals surface area (Å²) >= 11 is 0. The minimum absolute atomic E-state index is 1.12. The number of fused-ring (bicyclic) bond motifs is 6. The number of benzene rings is 4. The van der Waals surface area contributed by atoms with Crippen molar-refractivity contribution in [2.45, 2.75) is 38.3 Å². The van der Waals surface area contributed by atoms with E-state index in [2.05, 4.69) is 132 Å². The van der Waals surface area contributed by atoms with Gasteiger partial charge in [-0.1, -0.05) is 111 Å². The van der Waals surface area contributed by atoms with E-state index in [0.717, 1.165) is 11.3 Å². The smallest absolute Gasteiger partial charge is 0.145 e. The van der Waals surface area contributed by atoms with E-state index in [9.17, 15) is 0 Å². The molecule has 8 aromatic rings. The molecule has 4 aromatic carbocycles. The molecule has 0 spiro atoms. The van der Waals surface area contributed by atoms with Crippen LogP contribution in [-0.4, -0.2) is 34.9 Å². The molecule has 2 aliphatic rings. The third-order valence-corrected chi connectivity index (χ3v) is 15.9. The maximum Gasteiger partial charge on any atom is 0.145 e. The highest BCUT2D eigenvalue weighted by Crippen LogP contribution is 2.35. The van der Waals surface area contributed by atoms with Crippen molar-refractivity contribution in [2.75, 3.05) is 0 Å². The third-order valence-electron chi connectivity index (χ3n) is 9.79. The van der Waals surface area contributed by atoms with Crippen LogP contribution in [0.4, 0.5) is 0 Å². The van der Waals surface area contributed by atoms with E-state index in [-0.39, 0.29) is 0 Å². The molecule has 0 bridgehead atoms. The predicted octanol–water partition coefficient (Wildman–Crippen LogP) is 7.30. The van der Waals surface area contributed by atoms with Gasteiger partial charge in [-0.15, -0.1) is 0 Å². The molecule has 6 heteroatoms. The number of imidazole rings is 2. The standard InChI is InChI=1S/2C18H16N2Si/c1-21(2)11-12-6-5-9-14-13-7-3-4-8-15(13)18-19-10-16(21)20(18)17(12)14;1-21(2)11-12-10-19-18-15-7-4-3-6-13(15)14-8-5-9-16(21)17(14)20(12)18/h2*3-10H,11H2,1-2H3. The zero-order valence-corrected chi connectivity index (χ0v) is 26.4. The van der Waals surface area contributed by atoms with Gasteiger partial charge in [0.1, 0.15) is 19.4 Å². The van der Waals surface area contributed by atoms with Gasteiger partial charge in [-0.05, 0) is 33.6 Å². The van der Waals surface area contributed by atoms with Crippen molar-refractivity contribution in [3.63, 3.8) is 0 Å². The van der Waals surface area contributed by atoms with Crippen molar-refractivity contribution in [1.82, 2.24) is 18.8 Å². The lowest BCUT2D eigenvalue weighted by atomic mass is 10.0. The maximum atomic E-state index is 4.79. The molecule has 204 valence electrons. The summed E-state index contributed by atoms with van der Waals surface area (Å²) in [7, 11) is -2.88. The van der Waals surface area contributed by atoms with Gasteiger partial charge in [0.25, 0.3) is 0 Å². The first kappa shape index (κ1) is 24.3. The molecule has 0 saturated heterocycles. The Kier molecular flexibility index (Phi) is 4.74. The Balaban J connectivity index is 0.000000119. The molecule has 0 fully saturated rings. The zero-order chi connectivity index (χ0) is 28.4. The van der Waals surface area contributed by atoms with Crippen molar-refractivity contribution in [3.8, 4) is 0 Å². The first-order valence-corrected chi connectivity index (χ1v) is 21.4. The molecule has 0 aliphatic carbocycles. The molecule has 0 atom stereocenters. The summed E-state index contributed by atoms with van der Waals surface area (Å²) in [5, 5.41) is 10.9. The summed E-state index contributed by atoms with van der Waals surface area (Å²) in [5.74, 6) is 0. The average molecular weight is 577 g/mol. The van der Waals surface area contributed by atoms with Crippen LogP contribution in [0.15, 0.2) is 97.3 Å². The third kappa shape index (κ3) is 3.11. The molecular formula is C36H32N4Si2. The van der Waals surface area contributed by atoms with Gasteiger partial charge < -0.3 is 4.40 Å². The Hall–Kier alpha value is -4.27. The van der Waals surface area contributed by atoms with Crippen LogP contribution < -0.4 is 10.5 Å². The van der Waals surface area contributed by atoms with E-state index in [1.165, 1.54) is 72.0 Å². The summed E-state index contributed by atoms with van der Waals surface area (Å²) in [6.07, 6.45) is 4.22. The highest BCUT2D eigenvalue weighted by molar-refractivity contribution is 6.91. The van der Waals surface area contributed by atoms with E-state index in [1.807, 2.05) is 0 Å². The Morgan fingerprint density at radius 1 is 0.524 bits per heavy atom. The van der Waals surface area contributed by atoms with E-state index in [0.29, 0.717) is 0 Å². The topological polar surface area (TPSA) is 34.6 Å². The van der Waals surface area contributed by atoms with Crippen LogP contribution in [0.1, 0.15) is 11.3 Å². The van der Waals surface area contributed by atoms with E-state index < -0.39 is 16.1 Å². The Morgan fingerprint density at radius 2 is 1.10 bits per heavy atom. The van der Waals surface area contributed by atoms with Crippen LogP contribution in [0.2, 0.25) is 26.2 Å². The summed E-state index contributed by atoms with van der Waals surface area (Å²) in [6.45, 7) is 9.85. The van der Waals surface area contributed by atoms with Gasteiger partial charge in [0, 0.05) is 44.9 Å². The zero-order valence-electron chi connectivity index (χ0n) is 24.4. The molecule has 2 aliphatic heterocycles. The molecule has 0 radical (unpaired) electrons. The number of nitrogens with zero attached hydrogens (tertiary/aromatic N) is 4. The lowest BCUT2D eigenvalue weighted by molar-refractivity contribution is 1.10. The first-order valence-electron chi connectivity index (χ1n) is 14.9. The lowest BCUT2D eigenvalue weighted by Crippen LogP contribution is -2.49. The number of hydrogen-bond acceptors (Lipinski definition) is 2. The molecule has 0 N–H and O–H groups in total. The number of aromatic nitrogens is 4. The molecule has 4 nitrogen and oxygen atoms in total. The van der Waals surface area contributed by atoms with Gasteiger partial charge in [-0.3, -0.25) is 4.40 Å². The Morgan fingerprint density at radius 3 is 1.81 bits per heavy atom. The SMILES string of the molecule is C[Si]1(C)Cc2cccc3c4ccccc4c4ncc1n4c23.C[Si]1(C)Cc2cnc3c4ccccc4c4cccc1c4n23. The molecule has 0 unspecified atom stereocenters. The molecule has 42 heavy (non-hydrogen) atoms. The Bertz CT molecular complexity index is 2430. The monoisotopic (exact) mass is 576 g/mol. The fourth-order valence-electron chi connectivity index (χ4n) is 7.90. The number of para-hydroxylation sites is 2. The minimum atomic E-state index is -1.45. The van der Waals surface area contributed by atoms with Crippen LogP contribution >= 0.6 is 0 Å². The van der Waals surface area contributed by atoms with Gasteiger partial charge in [0.05, 0.1) is 19.1 Å². The van der Waals surface area contributed by atoms with Crippen molar-refractivity contribution < 1.29 is 0 Å². The second kappa shape index (κ2) is 8.18. The van der Waals surface area contributed by atoms with Crippen LogP contribution in [0.3, 0.4) is 0 Å². The average Bonchev–Trinajstić information content (AvgIpc) is 3.63. The quantitative estimate of drug-likeness (QED) is 0.140. The summed E-state index contributed by atoms with van der Waals surface area (Å²) < 4.78 is 4.86.